The Morgan fingerprint density at radius 1 is 1.26 bits per heavy atom. The van der Waals surface area contributed by atoms with Crippen LogP contribution in [0, 0.1) is 6.92 Å². The third-order valence-corrected chi connectivity index (χ3v) is 3.89. The number of aromatic nitrogens is 3. The van der Waals surface area contributed by atoms with E-state index >= 15 is 0 Å². The van der Waals surface area contributed by atoms with Crippen LogP contribution in [0.5, 0.6) is 0 Å². The van der Waals surface area contributed by atoms with Crippen molar-refractivity contribution in [3.63, 3.8) is 0 Å². The fourth-order valence-corrected chi connectivity index (χ4v) is 2.56. The summed E-state index contributed by atoms with van der Waals surface area (Å²) in [6.07, 6.45) is 0. The number of aliphatic carboxylic acids is 1. The summed E-state index contributed by atoms with van der Waals surface area (Å²) in [6, 6.07) is 13.9. The maximum atomic E-state index is 10.8. The Morgan fingerprint density at radius 3 is 2.78 bits per heavy atom. The van der Waals surface area contributed by atoms with E-state index in [1.54, 1.807) is 11.9 Å². The highest BCUT2D eigenvalue weighted by Crippen LogP contribution is 2.21. The molecule has 0 radical (unpaired) electrons. The van der Waals surface area contributed by atoms with E-state index in [-0.39, 0.29) is 6.54 Å². The Labute approximate surface area is 134 Å². The monoisotopic (exact) mass is 310 g/mol. The second kappa shape index (κ2) is 6.08. The van der Waals surface area contributed by atoms with Gasteiger partial charge in [0.1, 0.15) is 12.1 Å². The summed E-state index contributed by atoms with van der Waals surface area (Å²) >= 11 is 0. The first-order valence-electron chi connectivity index (χ1n) is 7.35. The van der Waals surface area contributed by atoms with Gasteiger partial charge < -0.3 is 10.0 Å². The van der Waals surface area contributed by atoms with E-state index in [1.165, 1.54) is 11.1 Å². The van der Waals surface area contributed by atoms with E-state index < -0.39 is 5.97 Å². The van der Waals surface area contributed by atoms with Gasteiger partial charge in [-0.25, -0.2) is 4.68 Å². The number of aryl methyl sites for hydroxylation is 1. The Morgan fingerprint density at radius 2 is 2.04 bits per heavy atom. The minimum Gasteiger partial charge on any atom is -0.480 e. The van der Waals surface area contributed by atoms with Crippen molar-refractivity contribution in [2.75, 3.05) is 18.5 Å². The molecular weight excluding hydrogens is 292 g/mol. The molecule has 0 saturated carbocycles. The Hall–Kier alpha value is -2.89. The molecule has 6 nitrogen and oxygen atoms in total. The molecule has 0 unspecified atom stereocenters. The summed E-state index contributed by atoms with van der Waals surface area (Å²) in [5.74, 6) is -0.865. The van der Waals surface area contributed by atoms with Crippen LogP contribution in [0.3, 0.4) is 0 Å². The lowest BCUT2D eigenvalue weighted by molar-refractivity contribution is -0.135. The third kappa shape index (κ3) is 3.15. The quantitative estimate of drug-likeness (QED) is 0.783. The van der Waals surface area contributed by atoms with Crippen LogP contribution in [0.15, 0.2) is 42.5 Å². The molecule has 1 aromatic heterocycles. The molecule has 0 aliphatic rings. The first kappa shape index (κ1) is 15.0. The summed E-state index contributed by atoms with van der Waals surface area (Å²) in [5, 5.41) is 17.3. The van der Waals surface area contributed by atoms with Crippen molar-refractivity contribution in [1.29, 1.82) is 0 Å². The number of carboxylic acid groups (broad SMARTS) is 1. The number of hydrogen-bond donors (Lipinski definition) is 1. The van der Waals surface area contributed by atoms with Crippen LogP contribution < -0.4 is 4.90 Å². The molecule has 0 atom stereocenters. The highest BCUT2D eigenvalue weighted by Gasteiger charge is 2.10. The molecule has 23 heavy (non-hydrogen) atoms. The van der Waals surface area contributed by atoms with Gasteiger partial charge in [0.05, 0.1) is 12.1 Å². The van der Waals surface area contributed by atoms with E-state index in [0.717, 1.165) is 16.7 Å². The van der Waals surface area contributed by atoms with Crippen LogP contribution in [0.2, 0.25) is 0 Å². The van der Waals surface area contributed by atoms with Gasteiger partial charge in [-0.2, -0.15) is 0 Å². The van der Waals surface area contributed by atoms with Gasteiger partial charge in [0, 0.05) is 12.7 Å². The zero-order valence-corrected chi connectivity index (χ0v) is 13.1. The average Bonchev–Trinajstić information content (AvgIpc) is 2.91. The highest BCUT2D eigenvalue weighted by atomic mass is 16.4. The molecule has 0 fully saturated rings. The first-order valence-corrected chi connectivity index (χ1v) is 7.35. The average molecular weight is 310 g/mol. The molecule has 0 aliphatic heterocycles. The van der Waals surface area contributed by atoms with Gasteiger partial charge in [-0.15, -0.1) is 5.10 Å². The molecule has 0 amide bonds. The van der Waals surface area contributed by atoms with E-state index in [1.807, 2.05) is 35.0 Å². The summed E-state index contributed by atoms with van der Waals surface area (Å²) < 4.78 is 1.86. The Balaban J connectivity index is 1.90. The number of nitrogens with zero attached hydrogens (tertiary/aromatic N) is 4. The van der Waals surface area contributed by atoms with Crippen LogP contribution in [0.1, 0.15) is 11.1 Å². The minimum atomic E-state index is -0.865. The van der Waals surface area contributed by atoms with Crippen LogP contribution in [-0.2, 0) is 11.3 Å². The number of anilines is 1. The molecule has 0 spiro atoms. The SMILES string of the molecule is Cc1ccccc1Cn1nnc2cc(N(C)CC(=O)O)ccc21. The van der Waals surface area contributed by atoms with Gasteiger partial charge in [0.25, 0.3) is 0 Å². The minimum absolute atomic E-state index is 0.0527. The van der Waals surface area contributed by atoms with Crippen molar-refractivity contribution < 1.29 is 9.90 Å². The summed E-state index contributed by atoms with van der Waals surface area (Å²) in [6.45, 7) is 2.68. The molecule has 1 heterocycles. The van der Waals surface area contributed by atoms with E-state index in [2.05, 4.69) is 29.4 Å². The topological polar surface area (TPSA) is 71.2 Å². The van der Waals surface area contributed by atoms with Gasteiger partial charge >= 0.3 is 5.97 Å². The van der Waals surface area contributed by atoms with Crippen LogP contribution >= 0.6 is 0 Å². The summed E-state index contributed by atoms with van der Waals surface area (Å²) in [7, 11) is 1.74. The Bertz CT molecular complexity index is 857. The Kier molecular flexibility index (Phi) is 3.97. The van der Waals surface area contributed by atoms with Gasteiger partial charge in [-0.3, -0.25) is 4.79 Å². The summed E-state index contributed by atoms with van der Waals surface area (Å²) in [5.41, 5.74) is 4.91. The van der Waals surface area contributed by atoms with Crippen molar-refractivity contribution >= 4 is 22.7 Å². The van der Waals surface area contributed by atoms with E-state index in [4.69, 9.17) is 5.11 Å². The normalized spacial score (nSPS) is 10.9. The number of benzene rings is 2. The van der Waals surface area contributed by atoms with Crippen molar-refractivity contribution in [2.45, 2.75) is 13.5 Å². The number of fused-ring (bicyclic) bond motifs is 1. The van der Waals surface area contributed by atoms with Crippen molar-refractivity contribution in [2.24, 2.45) is 0 Å². The maximum absolute atomic E-state index is 10.8. The fraction of sp³-hybridized carbons (Fsp3) is 0.235. The standard InChI is InChI=1S/C17H18N4O2/c1-12-5-3-4-6-13(12)10-21-16-8-7-14(9-15(16)18-19-21)20(2)11-17(22)23/h3-9H,10-11H2,1-2H3,(H,22,23). The molecule has 1 N–H and O–H groups in total. The zero-order chi connectivity index (χ0) is 16.4. The van der Waals surface area contributed by atoms with E-state index in [9.17, 15) is 4.79 Å². The molecule has 0 aliphatic carbocycles. The number of likely N-dealkylation sites (N-methyl/N-ethyl adjacent to an activating group) is 1. The third-order valence-electron chi connectivity index (χ3n) is 3.89. The number of carboxylic acids is 1. The molecular formula is C17H18N4O2. The molecule has 0 saturated heterocycles. The number of hydrogen-bond acceptors (Lipinski definition) is 4. The molecule has 118 valence electrons. The van der Waals surface area contributed by atoms with Crippen LogP contribution in [-0.4, -0.2) is 39.7 Å². The molecule has 0 bridgehead atoms. The van der Waals surface area contributed by atoms with Gasteiger partial charge in [0.15, 0.2) is 0 Å². The predicted octanol–water partition coefficient (Wildman–Crippen LogP) is 2.31. The van der Waals surface area contributed by atoms with E-state index in [0.29, 0.717) is 6.54 Å². The van der Waals surface area contributed by atoms with Crippen LogP contribution in [0.4, 0.5) is 5.69 Å². The summed E-state index contributed by atoms with van der Waals surface area (Å²) in [4.78, 5) is 12.5. The van der Waals surface area contributed by atoms with Gasteiger partial charge in [-0.05, 0) is 36.2 Å². The maximum Gasteiger partial charge on any atom is 0.323 e. The van der Waals surface area contributed by atoms with Crippen LogP contribution in [0.25, 0.3) is 11.0 Å². The van der Waals surface area contributed by atoms with Crippen molar-refractivity contribution in [1.82, 2.24) is 15.0 Å². The molecule has 2 aromatic carbocycles. The van der Waals surface area contributed by atoms with Crippen molar-refractivity contribution in [3.8, 4) is 0 Å². The largest absolute Gasteiger partial charge is 0.480 e. The molecule has 3 rings (SSSR count). The molecule has 3 aromatic rings. The second-order valence-electron chi connectivity index (χ2n) is 5.60. The smallest absolute Gasteiger partial charge is 0.323 e. The fourth-order valence-electron chi connectivity index (χ4n) is 2.56. The lowest BCUT2D eigenvalue weighted by atomic mass is 10.1. The zero-order valence-electron chi connectivity index (χ0n) is 13.1. The van der Waals surface area contributed by atoms with Gasteiger partial charge in [0.2, 0.25) is 0 Å². The predicted molar refractivity (Wildman–Crippen MR) is 88.7 cm³/mol. The first-order chi connectivity index (χ1) is 11.0. The highest BCUT2D eigenvalue weighted by molar-refractivity contribution is 5.81. The lowest BCUT2D eigenvalue weighted by Gasteiger charge is -2.16. The van der Waals surface area contributed by atoms with Gasteiger partial charge in [-0.1, -0.05) is 29.5 Å². The number of rotatable bonds is 5. The number of carbonyl (C=O) groups is 1. The van der Waals surface area contributed by atoms with Crippen molar-refractivity contribution in [3.05, 3.63) is 53.6 Å². The lowest BCUT2D eigenvalue weighted by Crippen LogP contribution is -2.24. The molecule has 6 heteroatoms. The second-order valence-corrected chi connectivity index (χ2v) is 5.60.